The number of hydrogen-bond donors (Lipinski definition) is 1. The maximum Gasteiger partial charge on any atom is 0.161 e. The highest BCUT2D eigenvalue weighted by Crippen LogP contribution is 2.29. The molecule has 0 saturated carbocycles. The van der Waals surface area contributed by atoms with E-state index < -0.39 is 0 Å². The lowest BCUT2D eigenvalue weighted by atomic mass is 10.2. The van der Waals surface area contributed by atoms with Crippen molar-refractivity contribution in [2.75, 3.05) is 7.11 Å². The fourth-order valence-electron chi connectivity index (χ4n) is 1.55. The molecular formula is C13H20O3. The summed E-state index contributed by atoms with van der Waals surface area (Å²) in [6.45, 7) is 4.20. The molecule has 0 heterocycles. The Morgan fingerprint density at radius 1 is 1.19 bits per heavy atom. The van der Waals surface area contributed by atoms with E-state index in [1.54, 1.807) is 7.11 Å². The van der Waals surface area contributed by atoms with Gasteiger partial charge in [0.05, 0.1) is 19.8 Å². The number of benzene rings is 1. The molecule has 0 atom stereocenters. The van der Waals surface area contributed by atoms with Gasteiger partial charge in [0.25, 0.3) is 0 Å². The summed E-state index contributed by atoms with van der Waals surface area (Å²) in [6.07, 6.45) is 2.12. The van der Waals surface area contributed by atoms with Gasteiger partial charge in [0.15, 0.2) is 11.5 Å². The van der Waals surface area contributed by atoms with Gasteiger partial charge in [0, 0.05) is 0 Å². The first kappa shape index (κ1) is 12.8. The van der Waals surface area contributed by atoms with Crippen molar-refractivity contribution in [2.24, 2.45) is 0 Å². The van der Waals surface area contributed by atoms with Crippen LogP contribution in [-0.4, -0.2) is 18.3 Å². The van der Waals surface area contributed by atoms with E-state index in [0.29, 0.717) is 11.5 Å². The zero-order chi connectivity index (χ0) is 12.0. The molecule has 90 valence electrons. The zero-order valence-electron chi connectivity index (χ0n) is 10.2. The number of ether oxygens (including phenoxy) is 2. The lowest BCUT2D eigenvalue weighted by Gasteiger charge is -2.18. The molecule has 0 aliphatic rings. The molecule has 3 nitrogen and oxygen atoms in total. The molecule has 0 radical (unpaired) electrons. The van der Waals surface area contributed by atoms with E-state index in [4.69, 9.17) is 14.6 Å². The fraction of sp³-hybridized carbons (Fsp3) is 0.538. The van der Waals surface area contributed by atoms with Gasteiger partial charge in [-0.15, -0.1) is 0 Å². The van der Waals surface area contributed by atoms with Crippen LogP contribution in [-0.2, 0) is 6.61 Å². The van der Waals surface area contributed by atoms with Gasteiger partial charge in [0.2, 0.25) is 0 Å². The average Bonchev–Trinajstić information content (AvgIpc) is 2.35. The quantitative estimate of drug-likeness (QED) is 0.807. The van der Waals surface area contributed by atoms with Crippen molar-refractivity contribution >= 4 is 0 Å². The molecule has 1 aromatic carbocycles. The first-order valence-electron chi connectivity index (χ1n) is 5.69. The van der Waals surface area contributed by atoms with Crippen molar-refractivity contribution in [1.82, 2.24) is 0 Å². The highest BCUT2D eigenvalue weighted by molar-refractivity contribution is 5.42. The Morgan fingerprint density at radius 3 is 2.38 bits per heavy atom. The number of aliphatic hydroxyl groups excluding tert-OH is 1. The minimum atomic E-state index is 0.0171. The Bertz CT molecular complexity index is 319. The predicted octanol–water partition coefficient (Wildman–Crippen LogP) is 2.75. The molecular weight excluding hydrogens is 204 g/mol. The Labute approximate surface area is 97.0 Å². The molecule has 0 amide bonds. The molecule has 0 spiro atoms. The van der Waals surface area contributed by atoms with Crippen LogP contribution in [0.1, 0.15) is 32.3 Å². The normalized spacial score (nSPS) is 10.6. The minimum Gasteiger partial charge on any atom is -0.493 e. The standard InChI is InChI=1S/C13H20O3/c1-4-11(5-2)16-13-8-10(9-14)6-7-12(13)15-3/h6-8,11,14H,4-5,9H2,1-3H3. The van der Waals surface area contributed by atoms with Gasteiger partial charge >= 0.3 is 0 Å². The van der Waals surface area contributed by atoms with Gasteiger partial charge in [-0.1, -0.05) is 19.9 Å². The molecule has 0 aromatic heterocycles. The molecule has 0 aliphatic carbocycles. The molecule has 0 unspecified atom stereocenters. The van der Waals surface area contributed by atoms with Crippen LogP contribution in [0.3, 0.4) is 0 Å². The van der Waals surface area contributed by atoms with E-state index >= 15 is 0 Å². The number of aliphatic hydroxyl groups is 1. The lowest BCUT2D eigenvalue weighted by Crippen LogP contribution is -2.14. The van der Waals surface area contributed by atoms with Crippen LogP contribution >= 0.6 is 0 Å². The molecule has 16 heavy (non-hydrogen) atoms. The van der Waals surface area contributed by atoms with E-state index in [1.165, 1.54) is 0 Å². The van der Waals surface area contributed by atoms with Crippen molar-refractivity contribution in [3.05, 3.63) is 23.8 Å². The molecule has 1 aromatic rings. The van der Waals surface area contributed by atoms with E-state index in [0.717, 1.165) is 18.4 Å². The molecule has 0 bridgehead atoms. The van der Waals surface area contributed by atoms with Gasteiger partial charge in [-0.2, -0.15) is 0 Å². The Hall–Kier alpha value is -1.22. The molecule has 0 aliphatic heterocycles. The topological polar surface area (TPSA) is 38.7 Å². The summed E-state index contributed by atoms with van der Waals surface area (Å²) < 4.78 is 11.1. The van der Waals surface area contributed by atoms with E-state index in [1.807, 2.05) is 18.2 Å². The first-order valence-corrected chi connectivity index (χ1v) is 5.69. The van der Waals surface area contributed by atoms with Crippen molar-refractivity contribution in [2.45, 2.75) is 39.4 Å². The van der Waals surface area contributed by atoms with Crippen LogP contribution in [0.5, 0.6) is 11.5 Å². The second-order valence-electron chi connectivity index (χ2n) is 3.70. The monoisotopic (exact) mass is 224 g/mol. The van der Waals surface area contributed by atoms with Crippen LogP contribution < -0.4 is 9.47 Å². The summed E-state index contributed by atoms with van der Waals surface area (Å²) in [7, 11) is 1.62. The Balaban J connectivity index is 2.90. The third-order valence-electron chi connectivity index (χ3n) is 2.61. The van der Waals surface area contributed by atoms with Crippen LogP contribution in [0.25, 0.3) is 0 Å². The second-order valence-corrected chi connectivity index (χ2v) is 3.70. The van der Waals surface area contributed by atoms with Crippen molar-refractivity contribution in [3.8, 4) is 11.5 Å². The summed E-state index contributed by atoms with van der Waals surface area (Å²) in [5.41, 5.74) is 0.835. The number of methoxy groups -OCH3 is 1. The minimum absolute atomic E-state index is 0.0171. The summed E-state index contributed by atoms with van der Waals surface area (Å²) in [5, 5.41) is 9.08. The van der Waals surface area contributed by atoms with Crippen molar-refractivity contribution in [3.63, 3.8) is 0 Å². The smallest absolute Gasteiger partial charge is 0.161 e. The average molecular weight is 224 g/mol. The van der Waals surface area contributed by atoms with E-state index in [-0.39, 0.29) is 12.7 Å². The molecule has 1 rings (SSSR count). The molecule has 0 saturated heterocycles. The van der Waals surface area contributed by atoms with Gasteiger partial charge in [-0.3, -0.25) is 0 Å². The van der Waals surface area contributed by atoms with Crippen molar-refractivity contribution < 1.29 is 14.6 Å². The summed E-state index contributed by atoms with van der Waals surface area (Å²) in [4.78, 5) is 0. The van der Waals surface area contributed by atoms with Crippen LogP contribution in [0.4, 0.5) is 0 Å². The van der Waals surface area contributed by atoms with E-state index in [9.17, 15) is 0 Å². The molecule has 0 fully saturated rings. The van der Waals surface area contributed by atoms with Crippen LogP contribution in [0.2, 0.25) is 0 Å². The fourth-order valence-corrected chi connectivity index (χ4v) is 1.55. The van der Waals surface area contributed by atoms with Gasteiger partial charge < -0.3 is 14.6 Å². The largest absolute Gasteiger partial charge is 0.493 e. The summed E-state index contributed by atoms with van der Waals surface area (Å²) in [6, 6.07) is 5.49. The van der Waals surface area contributed by atoms with E-state index in [2.05, 4.69) is 13.8 Å². The Morgan fingerprint density at radius 2 is 1.88 bits per heavy atom. The Kier molecular flexibility index (Phi) is 5.12. The summed E-state index contributed by atoms with van der Waals surface area (Å²) in [5.74, 6) is 1.42. The molecule has 3 heteroatoms. The SMILES string of the molecule is CCC(CC)Oc1cc(CO)ccc1OC. The van der Waals surface area contributed by atoms with Crippen LogP contribution in [0.15, 0.2) is 18.2 Å². The molecule has 1 N–H and O–H groups in total. The van der Waals surface area contributed by atoms with Crippen molar-refractivity contribution in [1.29, 1.82) is 0 Å². The predicted molar refractivity (Wildman–Crippen MR) is 63.9 cm³/mol. The third kappa shape index (κ3) is 3.14. The maximum atomic E-state index is 9.08. The lowest BCUT2D eigenvalue weighted by molar-refractivity contribution is 0.184. The summed E-state index contributed by atoms with van der Waals surface area (Å²) >= 11 is 0. The van der Waals surface area contributed by atoms with Gasteiger partial charge in [-0.05, 0) is 30.5 Å². The third-order valence-corrected chi connectivity index (χ3v) is 2.61. The second kappa shape index (κ2) is 6.38. The highest BCUT2D eigenvalue weighted by Gasteiger charge is 2.10. The zero-order valence-corrected chi connectivity index (χ0v) is 10.2. The van der Waals surface area contributed by atoms with Gasteiger partial charge in [-0.25, -0.2) is 0 Å². The number of rotatable bonds is 6. The van der Waals surface area contributed by atoms with Crippen LogP contribution in [0, 0.1) is 0 Å². The first-order chi connectivity index (χ1) is 7.74. The highest BCUT2D eigenvalue weighted by atomic mass is 16.5. The maximum absolute atomic E-state index is 9.08. The van der Waals surface area contributed by atoms with Gasteiger partial charge in [0.1, 0.15) is 0 Å². The number of hydrogen-bond acceptors (Lipinski definition) is 3.